The maximum atomic E-state index is 12.7. The highest BCUT2D eigenvalue weighted by molar-refractivity contribution is 7.89. The van der Waals surface area contributed by atoms with Gasteiger partial charge in [-0.05, 0) is 36.8 Å². The first kappa shape index (κ1) is 17.4. The Balaban J connectivity index is 1.95. The zero-order valence-corrected chi connectivity index (χ0v) is 14.8. The van der Waals surface area contributed by atoms with E-state index in [2.05, 4.69) is 10.3 Å². The van der Waals surface area contributed by atoms with Crippen molar-refractivity contribution in [3.05, 3.63) is 59.0 Å². The van der Waals surface area contributed by atoms with E-state index in [0.717, 1.165) is 0 Å². The molecule has 0 bridgehead atoms. The molecule has 0 saturated carbocycles. The SMILES string of the molecule is CCc1nc2cc(Cl)ccn2c1C(=O)Nc1ccc(S(N)(=O)=O)cc1. The standard InChI is InChI=1S/C16H15ClN4O3S/c1-2-13-15(21-8-7-10(17)9-14(21)20-13)16(22)19-11-3-5-12(6-4-11)25(18,23)24/h3-9H,2H2,1H3,(H,19,22)(H2,18,23,24). The highest BCUT2D eigenvalue weighted by Crippen LogP contribution is 2.19. The Labute approximate surface area is 149 Å². The van der Waals surface area contributed by atoms with Crippen molar-refractivity contribution in [2.45, 2.75) is 18.2 Å². The summed E-state index contributed by atoms with van der Waals surface area (Å²) in [5, 5.41) is 8.33. The van der Waals surface area contributed by atoms with Crippen LogP contribution in [-0.2, 0) is 16.4 Å². The number of carbonyl (C=O) groups is 1. The fourth-order valence-electron chi connectivity index (χ4n) is 2.47. The van der Waals surface area contributed by atoms with E-state index in [1.165, 1.54) is 24.3 Å². The number of nitrogens with two attached hydrogens (primary N) is 1. The molecule has 25 heavy (non-hydrogen) atoms. The fourth-order valence-corrected chi connectivity index (χ4v) is 3.14. The smallest absolute Gasteiger partial charge is 0.274 e. The van der Waals surface area contributed by atoms with Crippen molar-refractivity contribution >= 4 is 38.9 Å². The number of primary sulfonamides is 1. The van der Waals surface area contributed by atoms with Gasteiger partial charge in [-0.3, -0.25) is 9.20 Å². The van der Waals surface area contributed by atoms with E-state index in [-0.39, 0.29) is 10.8 Å². The minimum Gasteiger partial charge on any atom is -0.321 e. The molecular weight excluding hydrogens is 364 g/mol. The lowest BCUT2D eigenvalue weighted by atomic mass is 10.2. The minimum atomic E-state index is -3.77. The number of benzene rings is 1. The fraction of sp³-hybridized carbons (Fsp3) is 0.125. The maximum absolute atomic E-state index is 12.7. The summed E-state index contributed by atoms with van der Waals surface area (Å²) in [7, 11) is -3.77. The molecule has 0 saturated heterocycles. The number of halogens is 1. The monoisotopic (exact) mass is 378 g/mol. The Morgan fingerprint density at radius 2 is 1.96 bits per heavy atom. The van der Waals surface area contributed by atoms with Crippen LogP contribution >= 0.6 is 11.6 Å². The molecule has 0 spiro atoms. The van der Waals surface area contributed by atoms with Crippen molar-refractivity contribution in [1.29, 1.82) is 0 Å². The van der Waals surface area contributed by atoms with E-state index in [1.807, 2.05) is 6.92 Å². The van der Waals surface area contributed by atoms with E-state index in [1.54, 1.807) is 22.7 Å². The van der Waals surface area contributed by atoms with E-state index >= 15 is 0 Å². The van der Waals surface area contributed by atoms with Crippen LogP contribution in [0.15, 0.2) is 47.5 Å². The number of nitrogens with one attached hydrogen (secondary N) is 1. The number of amides is 1. The molecule has 3 N–H and O–H groups in total. The Kier molecular flexibility index (Phi) is 4.51. The molecule has 1 aromatic carbocycles. The van der Waals surface area contributed by atoms with Crippen LogP contribution in [0.4, 0.5) is 5.69 Å². The van der Waals surface area contributed by atoms with Crippen molar-refractivity contribution < 1.29 is 13.2 Å². The third-order valence-corrected chi connectivity index (χ3v) is 4.82. The first-order valence-electron chi connectivity index (χ1n) is 7.40. The molecule has 2 aromatic heterocycles. The van der Waals surface area contributed by atoms with Gasteiger partial charge in [-0.2, -0.15) is 0 Å². The zero-order valence-electron chi connectivity index (χ0n) is 13.2. The minimum absolute atomic E-state index is 0.0239. The van der Waals surface area contributed by atoms with E-state index in [9.17, 15) is 13.2 Å². The van der Waals surface area contributed by atoms with Gasteiger partial charge in [0.05, 0.1) is 10.6 Å². The van der Waals surface area contributed by atoms with Gasteiger partial charge in [0.2, 0.25) is 10.0 Å². The van der Waals surface area contributed by atoms with Crippen molar-refractivity contribution in [2.24, 2.45) is 5.14 Å². The van der Waals surface area contributed by atoms with E-state index in [4.69, 9.17) is 16.7 Å². The number of sulfonamides is 1. The summed E-state index contributed by atoms with van der Waals surface area (Å²) in [5.74, 6) is -0.352. The average Bonchev–Trinajstić information content (AvgIpc) is 2.92. The summed E-state index contributed by atoms with van der Waals surface area (Å²) >= 11 is 5.97. The normalized spacial score (nSPS) is 11.6. The van der Waals surface area contributed by atoms with Gasteiger partial charge >= 0.3 is 0 Å². The quantitative estimate of drug-likeness (QED) is 0.727. The van der Waals surface area contributed by atoms with Crippen LogP contribution < -0.4 is 10.5 Å². The van der Waals surface area contributed by atoms with E-state index in [0.29, 0.717) is 34.2 Å². The molecule has 1 amide bonds. The number of hydrogen-bond acceptors (Lipinski definition) is 4. The second kappa shape index (κ2) is 6.47. The van der Waals surface area contributed by atoms with E-state index < -0.39 is 10.0 Å². The van der Waals surface area contributed by atoms with Crippen LogP contribution in [0.25, 0.3) is 5.65 Å². The van der Waals surface area contributed by atoms with Crippen LogP contribution in [0, 0.1) is 0 Å². The number of nitrogens with zero attached hydrogens (tertiary/aromatic N) is 2. The van der Waals surface area contributed by atoms with Crippen LogP contribution in [-0.4, -0.2) is 23.7 Å². The number of carbonyl (C=O) groups excluding carboxylic acids is 1. The molecule has 0 atom stereocenters. The molecule has 9 heteroatoms. The molecule has 0 aliphatic carbocycles. The van der Waals surface area contributed by atoms with Gasteiger partial charge in [0.15, 0.2) is 0 Å². The Morgan fingerprint density at radius 3 is 2.56 bits per heavy atom. The molecule has 3 rings (SSSR count). The van der Waals surface area contributed by atoms with Gasteiger partial charge in [0.25, 0.3) is 5.91 Å². The summed E-state index contributed by atoms with van der Waals surface area (Å²) in [6.07, 6.45) is 2.26. The van der Waals surface area contributed by atoms with Gasteiger partial charge in [-0.15, -0.1) is 0 Å². The number of fused-ring (bicyclic) bond motifs is 1. The molecule has 0 aliphatic rings. The largest absolute Gasteiger partial charge is 0.321 e. The molecule has 3 aromatic rings. The summed E-state index contributed by atoms with van der Waals surface area (Å²) in [4.78, 5) is 17.1. The second-order valence-corrected chi connectivity index (χ2v) is 7.36. The number of pyridine rings is 1. The average molecular weight is 379 g/mol. The number of anilines is 1. The first-order chi connectivity index (χ1) is 11.8. The summed E-state index contributed by atoms with van der Waals surface area (Å²) in [5.41, 5.74) is 2.08. The van der Waals surface area contributed by atoms with Gasteiger partial charge in [-0.1, -0.05) is 18.5 Å². The van der Waals surface area contributed by atoms with Gasteiger partial charge in [0.1, 0.15) is 11.3 Å². The Bertz CT molecular complexity index is 1060. The Morgan fingerprint density at radius 1 is 1.28 bits per heavy atom. The van der Waals surface area contributed by atoms with Crippen molar-refractivity contribution in [3.8, 4) is 0 Å². The van der Waals surface area contributed by atoms with Crippen molar-refractivity contribution in [2.75, 3.05) is 5.32 Å². The van der Waals surface area contributed by atoms with Gasteiger partial charge in [-0.25, -0.2) is 18.5 Å². The predicted molar refractivity (Wildman–Crippen MR) is 95.3 cm³/mol. The molecule has 0 radical (unpaired) electrons. The third kappa shape index (κ3) is 3.51. The molecule has 0 fully saturated rings. The maximum Gasteiger partial charge on any atom is 0.274 e. The summed E-state index contributed by atoms with van der Waals surface area (Å²) in [6, 6.07) is 8.97. The van der Waals surface area contributed by atoms with Gasteiger partial charge < -0.3 is 5.32 Å². The highest BCUT2D eigenvalue weighted by Gasteiger charge is 2.18. The lowest BCUT2D eigenvalue weighted by Gasteiger charge is -2.07. The molecule has 7 nitrogen and oxygen atoms in total. The molecular formula is C16H15ClN4O3S. The molecule has 2 heterocycles. The highest BCUT2D eigenvalue weighted by atomic mass is 35.5. The lowest BCUT2D eigenvalue weighted by molar-refractivity contribution is 0.102. The van der Waals surface area contributed by atoms with Crippen LogP contribution in [0.3, 0.4) is 0 Å². The van der Waals surface area contributed by atoms with Crippen molar-refractivity contribution in [3.63, 3.8) is 0 Å². The lowest BCUT2D eigenvalue weighted by Crippen LogP contribution is -2.16. The topological polar surface area (TPSA) is 107 Å². The third-order valence-electron chi connectivity index (χ3n) is 3.65. The predicted octanol–water partition coefficient (Wildman–Crippen LogP) is 2.45. The molecule has 0 unspecified atom stereocenters. The van der Waals surface area contributed by atoms with Crippen LogP contribution in [0.2, 0.25) is 5.02 Å². The molecule has 0 aliphatic heterocycles. The first-order valence-corrected chi connectivity index (χ1v) is 9.32. The molecule has 130 valence electrons. The van der Waals surface area contributed by atoms with Crippen molar-refractivity contribution in [1.82, 2.24) is 9.38 Å². The number of imidazole rings is 1. The number of rotatable bonds is 4. The number of hydrogen-bond donors (Lipinski definition) is 2. The van der Waals surface area contributed by atoms with Gasteiger partial charge in [0, 0.05) is 23.0 Å². The Hall–Kier alpha value is -2.42. The summed E-state index contributed by atoms with van der Waals surface area (Å²) in [6.45, 7) is 1.90. The second-order valence-electron chi connectivity index (χ2n) is 5.36. The summed E-state index contributed by atoms with van der Waals surface area (Å²) < 4.78 is 24.2. The zero-order chi connectivity index (χ0) is 18.2. The van der Waals surface area contributed by atoms with Crippen LogP contribution in [0.5, 0.6) is 0 Å². The number of aromatic nitrogens is 2. The van der Waals surface area contributed by atoms with Crippen LogP contribution in [0.1, 0.15) is 23.1 Å². The number of aryl methyl sites for hydroxylation is 1.